The Labute approximate surface area is 182 Å². The van der Waals surface area contributed by atoms with Gasteiger partial charge in [-0.15, -0.1) is 16.8 Å². The van der Waals surface area contributed by atoms with Crippen molar-refractivity contribution in [1.82, 2.24) is 14.8 Å². The van der Waals surface area contributed by atoms with Gasteiger partial charge in [-0.3, -0.25) is 9.36 Å². The maximum Gasteiger partial charge on any atom is 0.200 e. The lowest BCUT2D eigenvalue weighted by Crippen LogP contribution is -2.05. The van der Waals surface area contributed by atoms with Crippen LogP contribution in [0.15, 0.2) is 70.8 Å². The van der Waals surface area contributed by atoms with E-state index in [4.69, 9.17) is 20.8 Å². The van der Waals surface area contributed by atoms with Crippen LogP contribution in [0.5, 0.6) is 5.75 Å². The first-order valence-electron chi connectivity index (χ1n) is 9.12. The standard InChI is InChI=1S/C22H18ClN3O3S/c1-3-10-26-21(20-12-15-11-16(23)6-9-19(15)29-20)24-25-22(26)30-13-18(27)14-4-7-17(28-2)8-5-14/h3-9,11-12H,1,10,13H2,2H3. The number of carbonyl (C=O) groups excluding carboxylic acids is 1. The first kappa shape index (κ1) is 20.3. The lowest BCUT2D eigenvalue weighted by atomic mass is 10.1. The molecule has 0 unspecified atom stereocenters. The van der Waals surface area contributed by atoms with Gasteiger partial charge in [0.15, 0.2) is 16.7 Å². The van der Waals surface area contributed by atoms with Crippen LogP contribution in [0.2, 0.25) is 5.02 Å². The first-order valence-corrected chi connectivity index (χ1v) is 10.5. The molecule has 0 N–H and O–H groups in total. The van der Waals surface area contributed by atoms with Crippen molar-refractivity contribution in [2.45, 2.75) is 11.7 Å². The number of methoxy groups -OCH3 is 1. The maximum atomic E-state index is 12.5. The van der Waals surface area contributed by atoms with Crippen LogP contribution in [0.25, 0.3) is 22.6 Å². The summed E-state index contributed by atoms with van der Waals surface area (Å²) in [6, 6.07) is 14.3. The highest BCUT2D eigenvalue weighted by Crippen LogP contribution is 2.31. The van der Waals surface area contributed by atoms with E-state index in [1.807, 2.05) is 22.8 Å². The number of carbonyl (C=O) groups is 1. The minimum Gasteiger partial charge on any atom is -0.497 e. The monoisotopic (exact) mass is 439 g/mol. The second kappa shape index (κ2) is 8.77. The highest BCUT2D eigenvalue weighted by molar-refractivity contribution is 7.99. The van der Waals surface area contributed by atoms with Crippen LogP contribution < -0.4 is 4.74 Å². The van der Waals surface area contributed by atoms with Gasteiger partial charge in [0.1, 0.15) is 11.3 Å². The van der Waals surface area contributed by atoms with Crippen LogP contribution in [0.3, 0.4) is 0 Å². The minimum atomic E-state index is -0.00395. The van der Waals surface area contributed by atoms with E-state index in [1.165, 1.54) is 11.8 Å². The molecule has 4 aromatic rings. The lowest BCUT2D eigenvalue weighted by Gasteiger charge is -2.06. The number of aromatic nitrogens is 3. The third-order valence-electron chi connectivity index (χ3n) is 4.47. The normalized spacial score (nSPS) is 11.0. The van der Waals surface area contributed by atoms with Gasteiger partial charge in [-0.05, 0) is 48.5 Å². The summed E-state index contributed by atoms with van der Waals surface area (Å²) < 4.78 is 12.9. The molecule has 6 nitrogen and oxygen atoms in total. The van der Waals surface area contributed by atoms with Gasteiger partial charge in [-0.25, -0.2) is 0 Å². The molecule has 0 amide bonds. The number of nitrogens with zero attached hydrogens (tertiary/aromatic N) is 3. The topological polar surface area (TPSA) is 70.2 Å². The fourth-order valence-corrected chi connectivity index (χ4v) is 4.01. The third kappa shape index (κ3) is 4.13. The minimum absolute atomic E-state index is 0.00395. The van der Waals surface area contributed by atoms with Crippen LogP contribution in [0, 0.1) is 0 Å². The van der Waals surface area contributed by atoms with Gasteiger partial charge in [0.25, 0.3) is 0 Å². The van der Waals surface area contributed by atoms with Gasteiger partial charge in [-0.1, -0.05) is 29.4 Å². The molecule has 30 heavy (non-hydrogen) atoms. The molecule has 2 aromatic carbocycles. The Morgan fingerprint density at radius 3 is 2.77 bits per heavy atom. The number of halogens is 1. The Bertz CT molecular complexity index is 1210. The molecule has 0 aliphatic rings. The van der Waals surface area contributed by atoms with E-state index < -0.39 is 0 Å². The Morgan fingerprint density at radius 2 is 2.03 bits per heavy atom. The van der Waals surface area contributed by atoms with Crippen LogP contribution in [0.1, 0.15) is 10.4 Å². The summed E-state index contributed by atoms with van der Waals surface area (Å²) in [4.78, 5) is 12.5. The van der Waals surface area contributed by atoms with Gasteiger partial charge in [0, 0.05) is 22.5 Å². The molecule has 0 atom stereocenters. The molecule has 0 bridgehead atoms. The number of hydrogen-bond acceptors (Lipinski definition) is 6. The number of hydrogen-bond donors (Lipinski definition) is 0. The SMILES string of the molecule is C=CCn1c(SCC(=O)c2ccc(OC)cc2)nnc1-c1cc2cc(Cl)ccc2o1. The molecule has 2 heterocycles. The van der Waals surface area contributed by atoms with E-state index in [0.717, 1.165) is 5.39 Å². The largest absolute Gasteiger partial charge is 0.497 e. The molecular formula is C22H18ClN3O3S. The van der Waals surface area contributed by atoms with Crippen molar-refractivity contribution in [2.75, 3.05) is 12.9 Å². The summed E-state index contributed by atoms with van der Waals surface area (Å²) in [5.74, 6) is 2.09. The summed E-state index contributed by atoms with van der Waals surface area (Å²) >= 11 is 7.39. The van der Waals surface area contributed by atoms with Crippen molar-refractivity contribution >= 4 is 40.1 Å². The van der Waals surface area contributed by atoms with Crippen LogP contribution in [-0.4, -0.2) is 33.4 Å². The van der Waals surface area contributed by atoms with Crippen LogP contribution in [0.4, 0.5) is 0 Å². The van der Waals surface area contributed by atoms with E-state index in [9.17, 15) is 4.79 Å². The quantitative estimate of drug-likeness (QED) is 0.205. The summed E-state index contributed by atoms with van der Waals surface area (Å²) in [5, 5.41) is 10.7. The molecule has 4 rings (SSSR count). The molecule has 2 aromatic heterocycles. The smallest absolute Gasteiger partial charge is 0.200 e. The third-order valence-corrected chi connectivity index (χ3v) is 5.67. The predicted octanol–water partition coefficient (Wildman–Crippen LogP) is 5.51. The fourth-order valence-electron chi connectivity index (χ4n) is 2.99. The zero-order chi connectivity index (χ0) is 21.1. The van der Waals surface area contributed by atoms with Crippen molar-refractivity contribution in [3.63, 3.8) is 0 Å². The molecule has 0 spiro atoms. The number of ketones is 1. The fraction of sp³-hybridized carbons (Fsp3) is 0.136. The Kier molecular flexibility index (Phi) is 5.92. The van der Waals surface area contributed by atoms with Crippen molar-refractivity contribution in [2.24, 2.45) is 0 Å². The second-order valence-electron chi connectivity index (χ2n) is 6.44. The summed E-state index contributed by atoms with van der Waals surface area (Å²) in [6.45, 7) is 4.30. The number of furan rings is 1. The lowest BCUT2D eigenvalue weighted by molar-refractivity contribution is 0.102. The van der Waals surface area contributed by atoms with Crippen molar-refractivity contribution in [1.29, 1.82) is 0 Å². The molecule has 0 radical (unpaired) electrons. The summed E-state index contributed by atoms with van der Waals surface area (Å²) in [7, 11) is 1.59. The van der Waals surface area contributed by atoms with E-state index in [1.54, 1.807) is 43.5 Å². The predicted molar refractivity (Wildman–Crippen MR) is 118 cm³/mol. The second-order valence-corrected chi connectivity index (χ2v) is 7.82. The van der Waals surface area contributed by atoms with E-state index in [0.29, 0.717) is 45.2 Å². The Morgan fingerprint density at radius 1 is 1.23 bits per heavy atom. The van der Waals surface area contributed by atoms with E-state index >= 15 is 0 Å². The molecule has 152 valence electrons. The molecule has 8 heteroatoms. The number of allylic oxidation sites excluding steroid dienone is 1. The summed E-state index contributed by atoms with van der Waals surface area (Å²) in [6.07, 6.45) is 1.75. The molecular weight excluding hydrogens is 422 g/mol. The van der Waals surface area contributed by atoms with Gasteiger partial charge in [-0.2, -0.15) is 0 Å². The number of ether oxygens (including phenoxy) is 1. The van der Waals surface area contributed by atoms with Gasteiger partial charge in [0.05, 0.1) is 12.9 Å². The number of benzene rings is 2. The molecule has 0 fully saturated rings. The number of rotatable bonds is 8. The number of Topliss-reactive ketones (excluding diaryl/α,β-unsaturated/α-hetero) is 1. The first-order chi connectivity index (χ1) is 14.6. The average molecular weight is 440 g/mol. The maximum absolute atomic E-state index is 12.5. The molecule has 0 saturated carbocycles. The van der Waals surface area contributed by atoms with Gasteiger partial charge >= 0.3 is 0 Å². The Balaban J connectivity index is 1.57. The van der Waals surface area contributed by atoms with Gasteiger partial charge in [0.2, 0.25) is 5.82 Å². The molecule has 0 aliphatic carbocycles. The van der Waals surface area contributed by atoms with E-state index in [2.05, 4.69) is 16.8 Å². The highest BCUT2D eigenvalue weighted by Gasteiger charge is 2.18. The Hall–Kier alpha value is -3.03. The number of fused-ring (bicyclic) bond motifs is 1. The zero-order valence-corrected chi connectivity index (χ0v) is 17.7. The van der Waals surface area contributed by atoms with Crippen molar-refractivity contribution < 1.29 is 13.9 Å². The average Bonchev–Trinajstić information content (AvgIpc) is 3.35. The van der Waals surface area contributed by atoms with Crippen LogP contribution in [-0.2, 0) is 6.54 Å². The zero-order valence-electron chi connectivity index (χ0n) is 16.2. The summed E-state index contributed by atoms with van der Waals surface area (Å²) in [5.41, 5.74) is 1.33. The molecule has 0 saturated heterocycles. The van der Waals surface area contributed by atoms with Crippen molar-refractivity contribution in [3.05, 3.63) is 71.8 Å². The highest BCUT2D eigenvalue weighted by atomic mass is 35.5. The van der Waals surface area contributed by atoms with E-state index in [-0.39, 0.29) is 11.5 Å². The van der Waals surface area contributed by atoms with Crippen LogP contribution >= 0.6 is 23.4 Å². The number of thioether (sulfide) groups is 1. The van der Waals surface area contributed by atoms with Crippen molar-refractivity contribution in [3.8, 4) is 17.3 Å². The van der Waals surface area contributed by atoms with Gasteiger partial charge < -0.3 is 9.15 Å². The molecule has 0 aliphatic heterocycles.